The van der Waals surface area contributed by atoms with Crippen LogP contribution >= 0.6 is 0 Å². The highest BCUT2D eigenvalue weighted by atomic mass is 16.5. The van der Waals surface area contributed by atoms with Gasteiger partial charge in [-0.3, -0.25) is 14.5 Å². The first kappa shape index (κ1) is 17.1. The van der Waals surface area contributed by atoms with Crippen LogP contribution in [0.4, 0.5) is 0 Å². The van der Waals surface area contributed by atoms with E-state index in [9.17, 15) is 9.59 Å². The number of nitrogens with zero attached hydrogens (tertiary/aromatic N) is 2. The molecule has 29 heavy (non-hydrogen) atoms. The Hall–Kier alpha value is -3.99. The minimum Gasteiger partial charge on any atom is -0.438 e. The SMILES string of the molecule is O=C1c2ccccc2C(=O)N1Cc1ccc2ccnc(Oc3ccccc3)c2c1. The normalized spacial score (nSPS) is 13.0. The maximum atomic E-state index is 12.7. The van der Waals surface area contributed by atoms with Gasteiger partial charge in [0.15, 0.2) is 0 Å². The van der Waals surface area contributed by atoms with E-state index in [2.05, 4.69) is 4.98 Å². The van der Waals surface area contributed by atoms with Crippen molar-refractivity contribution in [2.45, 2.75) is 6.54 Å². The number of hydrogen-bond acceptors (Lipinski definition) is 4. The van der Waals surface area contributed by atoms with Crippen molar-refractivity contribution in [3.8, 4) is 11.6 Å². The van der Waals surface area contributed by atoms with E-state index in [1.165, 1.54) is 4.90 Å². The van der Waals surface area contributed by atoms with Gasteiger partial charge in [-0.05, 0) is 47.3 Å². The number of carbonyl (C=O) groups excluding carboxylic acids is 2. The Balaban J connectivity index is 1.48. The van der Waals surface area contributed by atoms with E-state index in [0.717, 1.165) is 16.3 Å². The summed E-state index contributed by atoms with van der Waals surface area (Å²) in [4.78, 5) is 30.9. The predicted octanol–water partition coefficient (Wildman–Crippen LogP) is 4.82. The molecule has 0 spiro atoms. The van der Waals surface area contributed by atoms with Crippen molar-refractivity contribution in [2.24, 2.45) is 0 Å². The van der Waals surface area contributed by atoms with E-state index in [4.69, 9.17) is 4.74 Å². The number of imide groups is 1. The lowest BCUT2D eigenvalue weighted by atomic mass is 10.1. The molecule has 140 valence electrons. The third-order valence-corrected chi connectivity index (χ3v) is 4.97. The van der Waals surface area contributed by atoms with Gasteiger partial charge in [0, 0.05) is 11.6 Å². The summed E-state index contributed by atoms with van der Waals surface area (Å²) in [5, 5.41) is 1.79. The summed E-state index contributed by atoms with van der Waals surface area (Å²) in [6, 6.07) is 24.0. The lowest BCUT2D eigenvalue weighted by Gasteiger charge is -2.15. The molecule has 0 saturated carbocycles. The van der Waals surface area contributed by atoms with Crippen LogP contribution in [0.1, 0.15) is 26.3 Å². The number of fused-ring (bicyclic) bond motifs is 2. The Morgan fingerprint density at radius 2 is 1.48 bits per heavy atom. The van der Waals surface area contributed by atoms with Gasteiger partial charge in [-0.1, -0.05) is 42.5 Å². The number of pyridine rings is 1. The molecule has 0 fully saturated rings. The summed E-state index contributed by atoms with van der Waals surface area (Å²) >= 11 is 0. The molecule has 4 aromatic rings. The lowest BCUT2D eigenvalue weighted by Crippen LogP contribution is -2.29. The number of rotatable bonds is 4. The Kier molecular flexibility index (Phi) is 4.06. The molecular formula is C24H16N2O3. The van der Waals surface area contributed by atoms with Gasteiger partial charge in [0.1, 0.15) is 5.75 Å². The number of hydrogen-bond donors (Lipinski definition) is 0. The van der Waals surface area contributed by atoms with E-state index in [1.807, 2.05) is 54.6 Å². The Morgan fingerprint density at radius 3 is 2.21 bits per heavy atom. The van der Waals surface area contributed by atoms with Gasteiger partial charge < -0.3 is 4.74 Å². The number of para-hydroxylation sites is 1. The van der Waals surface area contributed by atoms with Gasteiger partial charge in [-0.15, -0.1) is 0 Å². The van der Waals surface area contributed by atoms with Crippen LogP contribution in [-0.2, 0) is 6.54 Å². The molecule has 1 aliphatic rings. The number of aromatic nitrogens is 1. The first-order valence-corrected chi connectivity index (χ1v) is 9.26. The second-order valence-electron chi connectivity index (χ2n) is 6.83. The highest BCUT2D eigenvalue weighted by Gasteiger charge is 2.34. The summed E-state index contributed by atoms with van der Waals surface area (Å²) in [6.07, 6.45) is 1.70. The molecule has 5 rings (SSSR count). The Morgan fingerprint density at radius 1 is 0.793 bits per heavy atom. The minimum atomic E-state index is -0.266. The zero-order valence-electron chi connectivity index (χ0n) is 15.4. The van der Waals surface area contributed by atoms with E-state index in [0.29, 0.717) is 22.8 Å². The molecule has 5 nitrogen and oxygen atoms in total. The van der Waals surface area contributed by atoms with Gasteiger partial charge in [0.2, 0.25) is 5.88 Å². The summed E-state index contributed by atoms with van der Waals surface area (Å²) in [6.45, 7) is 0.196. The van der Waals surface area contributed by atoms with Gasteiger partial charge in [-0.2, -0.15) is 0 Å². The highest BCUT2D eigenvalue weighted by molar-refractivity contribution is 6.21. The average Bonchev–Trinajstić information content (AvgIpc) is 3.00. The molecule has 2 heterocycles. The zero-order chi connectivity index (χ0) is 19.8. The second-order valence-corrected chi connectivity index (χ2v) is 6.83. The summed E-state index contributed by atoms with van der Waals surface area (Å²) in [7, 11) is 0. The molecule has 0 unspecified atom stereocenters. The molecule has 0 aliphatic carbocycles. The van der Waals surface area contributed by atoms with Crippen molar-refractivity contribution in [3.63, 3.8) is 0 Å². The summed E-state index contributed by atoms with van der Waals surface area (Å²) < 4.78 is 5.95. The van der Waals surface area contributed by atoms with Gasteiger partial charge in [0.25, 0.3) is 11.8 Å². The van der Waals surface area contributed by atoms with Crippen LogP contribution in [0.3, 0.4) is 0 Å². The number of carbonyl (C=O) groups is 2. The monoisotopic (exact) mass is 380 g/mol. The largest absolute Gasteiger partial charge is 0.438 e. The van der Waals surface area contributed by atoms with E-state index in [1.54, 1.807) is 30.5 Å². The van der Waals surface area contributed by atoms with Crippen LogP contribution in [0.5, 0.6) is 11.6 Å². The molecule has 0 bridgehead atoms. The topological polar surface area (TPSA) is 59.5 Å². The zero-order valence-corrected chi connectivity index (χ0v) is 15.4. The first-order chi connectivity index (χ1) is 14.2. The van der Waals surface area contributed by atoms with Crippen LogP contribution in [-0.4, -0.2) is 21.7 Å². The average molecular weight is 380 g/mol. The van der Waals surface area contributed by atoms with Crippen molar-refractivity contribution >= 4 is 22.6 Å². The lowest BCUT2D eigenvalue weighted by molar-refractivity contribution is 0.0642. The van der Waals surface area contributed by atoms with Crippen LogP contribution in [0.15, 0.2) is 85.1 Å². The van der Waals surface area contributed by atoms with Gasteiger partial charge >= 0.3 is 0 Å². The molecule has 0 atom stereocenters. The molecule has 0 N–H and O–H groups in total. The van der Waals surface area contributed by atoms with Crippen LogP contribution in [0.25, 0.3) is 10.8 Å². The van der Waals surface area contributed by atoms with Crippen molar-refractivity contribution in [3.05, 3.63) is 102 Å². The molecular weight excluding hydrogens is 364 g/mol. The van der Waals surface area contributed by atoms with Crippen LogP contribution < -0.4 is 4.74 Å². The van der Waals surface area contributed by atoms with Crippen LogP contribution in [0, 0.1) is 0 Å². The van der Waals surface area contributed by atoms with Crippen molar-refractivity contribution in [1.29, 1.82) is 0 Å². The van der Waals surface area contributed by atoms with Crippen LogP contribution in [0.2, 0.25) is 0 Å². The van der Waals surface area contributed by atoms with Crippen molar-refractivity contribution in [1.82, 2.24) is 9.88 Å². The molecule has 0 radical (unpaired) electrons. The molecule has 5 heteroatoms. The van der Waals surface area contributed by atoms with E-state index >= 15 is 0 Å². The summed E-state index contributed by atoms with van der Waals surface area (Å²) in [5.74, 6) is 0.645. The van der Waals surface area contributed by atoms with Crippen molar-refractivity contribution in [2.75, 3.05) is 0 Å². The number of amides is 2. The fraction of sp³-hybridized carbons (Fsp3) is 0.0417. The third-order valence-electron chi connectivity index (χ3n) is 4.97. The van der Waals surface area contributed by atoms with Gasteiger partial charge in [0.05, 0.1) is 17.7 Å². The van der Waals surface area contributed by atoms with E-state index in [-0.39, 0.29) is 18.4 Å². The summed E-state index contributed by atoms with van der Waals surface area (Å²) in [5.41, 5.74) is 1.74. The molecule has 1 aliphatic heterocycles. The molecule has 0 saturated heterocycles. The Bertz CT molecular complexity index is 1220. The fourth-order valence-corrected chi connectivity index (χ4v) is 3.53. The molecule has 1 aromatic heterocycles. The number of benzene rings is 3. The van der Waals surface area contributed by atoms with Gasteiger partial charge in [-0.25, -0.2) is 4.98 Å². The third kappa shape index (κ3) is 3.02. The van der Waals surface area contributed by atoms with E-state index < -0.39 is 0 Å². The minimum absolute atomic E-state index is 0.196. The standard InChI is InChI=1S/C24H16N2O3/c27-23-19-8-4-5-9-20(19)24(28)26(23)15-16-10-11-17-12-13-25-22(21(17)14-16)29-18-6-2-1-3-7-18/h1-14H,15H2. The predicted molar refractivity (Wildman–Crippen MR) is 109 cm³/mol. The number of ether oxygens (including phenoxy) is 1. The maximum absolute atomic E-state index is 12.7. The first-order valence-electron chi connectivity index (χ1n) is 9.26. The maximum Gasteiger partial charge on any atom is 0.261 e. The molecule has 3 aromatic carbocycles. The smallest absolute Gasteiger partial charge is 0.261 e. The second kappa shape index (κ2) is 6.87. The Labute approximate surface area is 167 Å². The quantitative estimate of drug-likeness (QED) is 0.476. The fourth-order valence-electron chi connectivity index (χ4n) is 3.53. The molecule has 2 amide bonds. The van der Waals surface area contributed by atoms with Crippen molar-refractivity contribution < 1.29 is 14.3 Å². The highest BCUT2D eigenvalue weighted by Crippen LogP contribution is 2.30.